The van der Waals surface area contributed by atoms with Crippen LogP contribution in [0, 0.1) is 6.92 Å². The molecule has 0 saturated carbocycles. The summed E-state index contributed by atoms with van der Waals surface area (Å²) in [6.45, 7) is 3.71. The summed E-state index contributed by atoms with van der Waals surface area (Å²) in [4.78, 5) is 11.8. The number of amides is 1. The molecule has 1 aromatic heterocycles. The van der Waals surface area contributed by atoms with Crippen LogP contribution in [0.5, 0.6) is 0 Å². The monoisotopic (exact) mass is 196 g/mol. The molecule has 4 heteroatoms. The third-order valence-corrected chi connectivity index (χ3v) is 3.05. The largest absolute Gasteiger partial charge is 0.274 e. The average Bonchev–Trinajstić information content (AvgIpc) is 2.72. The Balaban J connectivity index is 2.17. The fraction of sp³-hybridized carbons (Fsp3) is 0.444. The van der Waals surface area contributed by atoms with Crippen molar-refractivity contribution in [2.75, 3.05) is 13.1 Å². The quantitative estimate of drug-likeness (QED) is 0.736. The Kier molecular flexibility index (Phi) is 2.33. The maximum absolute atomic E-state index is 11.8. The zero-order valence-corrected chi connectivity index (χ0v) is 8.36. The van der Waals surface area contributed by atoms with Crippen molar-refractivity contribution >= 4 is 17.2 Å². The molecule has 0 bridgehead atoms. The number of hydrogen-bond acceptors (Lipinski definition) is 3. The van der Waals surface area contributed by atoms with Crippen LogP contribution >= 0.6 is 11.3 Å². The first-order valence-electron chi connectivity index (χ1n) is 4.37. The lowest BCUT2D eigenvalue weighted by Gasteiger charge is -2.14. The van der Waals surface area contributed by atoms with Gasteiger partial charge < -0.3 is 0 Å². The van der Waals surface area contributed by atoms with E-state index in [-0.39, 0.29) is 5.91 Å². The first-order chi connectivity index (χ1) is 6.29. The lowest BCUT2D eigenvalue weighted by atomic mass is 10.2. The molecule has 70 valence electrons. The summed E-state index contributed by atoms with van der Waals surface area (Å²) in [5, 5.41) is 5.62. The highest BCUT2D eigenvalue weighted by Gasteiger charge is 2.20. The summed E-state index contributed by atoms with van der Waals surface area (Å²) in [5.41, 5.74) is 4.97. The molecule has 2 rings (SSSR count). The van der Waals surface area contributed by atoms with Crippen LogP contribution in [0.3, 0.4) is 0 Å². The van der Waals surface area contributed by atoms with Gasteiger partial charge in [0.25, 0.3) is 5.91 Å². The Labute approximate surface area is 81.3 Å². The van der Waals surface area contributed by atoms with Gasteiger partial charge in [0.15, 0.2) is 0 Å². The molecular weight excluding hydrogens is 184 g/mol. The van der Waals surface area contributed by atoms with Gasteiger partial charge in [0.2, 0.25) is 0 Å². The normalized spacial score (nSPS) is 16.5. The van der Waals surface area contributed by atoms with Gasteiger partial charge in [0.05, 0.1) is 5.56 Å². The summed E-state index contributed by atoms with van der Waals surface area (Å²) in [6.07, 6.45) is 1.05. The molecule has 2 heterocycles. The first kappa shape index (κ1) is 8.72. The number of nitrogens with zero attached hydrogens (tertiary/aromatic N) is 1. The number of aryl methyl sites for hydroxylation is 1. The third kappa shape index (κ3) is 1.59. The second kappa shape index (κ2) is 3.47. The van der Waals surface area contributed by atoms with Crippen molar-refractivity contribution in [2.45, 2.75) is 13.3 Å². The van der Waals surface area contributed by atoms with Crippen LogP contribution in [0.4, 0.5) is 0 Å². The summed E-state index contributed by atoms with van der Waals surface area (Å²) in [7, 11) is 0. The molecule has 1 saturated heterocycles. The maximum atomic E-state index is 11.8. The molecule has 1 N–H and O–H groups in total. The predicted octanol–water partition coefficient (Wildman–Crippen LogP) is 1.41. The number of hydrazine groups is 1. The van der Waals surface area contributed by atoms with E-state index in [1.165, 1.54) is 0 Å². The van der Waals surface area contributed by atoms with Crippen molar-refractivity contribution in [3.05, 3.63) is 21.9 Å². The van der Waals surface area contributed by atoms with E-state index in [1.807, 2.05) is 17.7 Å². The van der Waals surface area contributed by atoms with E-state index in [2.05, 4.69) is 5.43 Å². The molecule has 13 heavy (non-hydrogen) atoms. The van der Waals surface area contributed by atoms with E-state index < -0.39 is 0 Å². The van der Waals surface area contributed by atoms with Crippen LogP contribution in [0.25, 0.3) is 0 Å². The Morgan fingerprint density at radius 2 is 2.46 bits per heavy atom. The Hall–Kier alpha value is -0.870. The maximum Gasteiger partial charge on any atom is 0.269 e. The molecule has 0 unspecified atom stereocenters. The molecule has 1 aliphatic heterocycles. The molecule has 1 fully saturated rings. The lowest BCUT2D eigenvalue weighted by molar-refractivity contribution is 0.0726. The minimum Gasteiger partial charge on any atom is -0.274 e. The fourth-order valence-electron chi connectivity index (χ4n) is 1.43. The number of carbonyl (C=O) groups excluding carboxylic acids is 1. The van der Waals surface area contributed by atoms with E-state index in [0.717, 1.165) is 30.6 Å². The summed E-state index contributed by atoms with van der Waals surface area (Å²) < 4.78 is 0. The standard InChI is InChI=1S/C9H12N2OS/c1-7-5-13-6-8(7)9(12)11-4-2-3-10-11/h5-6,10H,2-4H2,1H3. The second-order valence-corrected chi connectivity index (χ2v) is 3.93. The van der Waals surface area contributed by atoms with Crippen LogP contribution in [-0.2, 0) is 0 Å². The van der Waals surface area contributed by atoms with Gasteiger partial charge in [-0.1, -0.05) is 0 Å². The fourth-order valence-corrected chi connectivity index (χ4v) is 2.25. The minimum absolute atomic E-state index is 0.108. The average molecular weight is 196 g/mol. The topological polar surface area (TPSA) is 32.3 Å². The van der Waals surface area contributed by atoms with E-state index in [9.17, 15) is 4.79 Å². The zero-order chi connectivity index (χ0) is 9.26. The summed E-state index contributed by atoms with van der Waals surface area (Å²) >= 11 is 1.58. The van der Waals surface area contributed by atoms with Crippen molar-refractivity contribution < 1.29 is 4.79 Å². The summed E-state index contributed by atoms with van der Waals surface area (Å²) in [6, 6.07) is 0. The van der Waals surface area contributed by atoms with E-state index >= 15 is 0 Å². The molecule has 0 aliphatic carbocycles. The van der Waals surface area contributed by atoms with E-state index in [1.54, 1.807) is 16.3 Å². The minimum atomic E-state index is 0.108. The second-order valence-electron chi connectivity index (χ2n) is 3.19. The molecule has 0 radical (unpaired) electrons. The van der Waals surface area contributed by atoms with Crippen LogP contribution in [0.1, 0.15) is 22.3 Å². The molecule has 1 aliphatic rings. The van der Waals surface area contributed by atoms with Crippen molar-refractivity contribution in [3.8, 4) is 0 Å². The van der Waals surface area contributed by atoms with Crippen LogP contribution in [0.2, 0.25) is 0 Å². The number of thiophene rings is 1. The molecule has 0 aromatic carbocycles. The van der Waals surface area contributed by atoms with Gasteiger partial charge in [-0.25, -0.2) is 5.43 Å². The molecule has 1 aromatic rings. The van der Waals surface area contributed by atoms with Crippen molar-refractivity contribution in [1.29, 1.82) is 0 Å². The molecule has 3 nitrogen and oxygen atoms in total. The van der Waals surface area contributed by atoms with E-state index in [4.69, 9.17) is 0 Å². The van der Waals surface area contributed by atoms with Crippen molar-refractivity contribution in [3.63, 3.8) is 0 Å². The van der Waals surface area contributed by atoms with Gasteiger partial charge in [0, 0.05) is 18.5 Å². The number of hydrogen-bond donors (Lipinski definition) is 1. The molecule has 0 spiro atoms. The van der Waals surface area contributed by atoms with Crippen LogP contribution in [0.15, 0.2) is 10.8 Å². The first-order valence-corrected chi connectivity index (χ1v) is 5.31. The van der Waals surface area contributed by atoms with Gasteiger partial charge in [-0.3, -0.25) is 9.80 Å². The highest BCUT2D eigenvalue weighted by atomic mass is 32.1. The number of nitrogens with one attached hydrogen (secondary N) is 1. The third-order valence-electron chi connectivity index (χ3n) is 2.19. The Morgan fingerprint density at radius 3 is 3.00 bits per heavy atom. The van der Waals surface area contributed by atoms with Gasteiger partial charge in [-0.2, -0.15) is 11.3 Å². The van der Waals surface area contributed by atoms with Gasteiger partial charge in [-0.05, 0) is 24.3 Å². The lowest BCUT2D eigenvalue weighted by Crippen LogP contribution is -2.36. The summed E-state index contributed by atoms with van der Waals surface area (Å²) in [5.74, 6) is 0.108. The zero-order valence-electron chi connectivity index (χ0n) is 7.54. The molecule has 1 amide bonds. The smallest absolute Gasteiger partial charge is 0.269 e. The number of rotatable bonds is 1. The van der Waals surface area contributed by atoms with E-state index in [0.29, 0.717) is 0 Å². The van der Waals surface area contributed by atoms with Gasteiger partial charge in [0.1, 0.15) is 0 Å². The number of carbonyl (C=O) groups is 1. The Bertz CT molecular complexity index is 315. The van der Waals surface area contributed by atoms with Crippen molar-refractivity contribution in [2.24, 2.45) is 0 Å². The Morgan fingerprint density at radius 1 is 1.62 bits per heavy atom. The van der Waals surface area contributed by atoms with Crippen LogP contribution in [-0.4, -0.2) is 24.0 Å². The van der Waals surface area contributed by atoms with Gasteiger partial charge in [-0.15, -0.1) is 0 Å². The molecular formula is C9H12N2OS. The van der Waals surface area contributed by atoms with Gasteiger partial charge >= 0.3 is 0 Å². The SMILES string of the molecule is Cc1cscc1C(=O)N1CCCN1. The predicted molar refractivity (Wildman–Crippen MR) is 52.7 cm³/mol. The van der Waals surface area contributed by atoms with Crippen LogP contribution < -0.4 is 5.43 Å². The highest BCUT2D eigenvalue weighted by Crippen LogP contribution is 2.16. The highest BCUT2D eigenvalue weighted by molar-refractivity contribution is 7.08. The van der Waals surface area contributed by atoms with Crippen molar-refractivity contribution in [1.82, 2.24) is 10.4 Å². The molecule has 0 atom stereocenters.